The lowest BCUT2D eigenvalue weighted by Gasteiger charge is -2.25. The fourth-order valence-corrected chi connectivity index (χ4v) is 2.18. The minimum Gasteiger partial charge on any atom is -0.379 e. The highest BCUT2D eigenvalue weighted by molar-refractivity contribution is 5.78. The van der Waals surface area contributed by atoms with Crippen molar-refractivity contribution in [1.29, 1.82) is 0 Å². The van der Waals surface area contributed by atoms with Gasteiger partial charge in [0.1, 0.15) is 0 Å². The maximum atomic E-state index is 11.8. The molecule has 1 rings (SSSR count). The zero-order valence-corrected chi connectivity index (χ0v) is 11.1. The van der Waals surface area contributed by atoms with E-state index < -0.39 is 0 Å². The molecule has 4 heteroatoms. The Morgan fingerprint density at radius 1 is 1.47 bits per heavy atom. The highest BCUT2D eigenvalue weighted by atomic mass is 16.5. The molecule has 0 aromatic heterocycles. The summed E-state index contributed by atoms with van der Waals surface area (Å²) in [6.07, 6.45) is 3.94. The van der Waals surface area contributed by atoms with E-state index in [1.54, 1.807) is 0 Å². The second kappa shape index (κ2) is 7.67. The van der Waals surface area contributed by atoms with Crippen LogP contribution in [0.3, 0.4) is 0 Å². The molecule has 0 radical (unpaired) electrons. The summed E-state index contributed by atoms with van der Waals surface area (Å²) in [6.45, 7) is 6.19. The first-order chi connectivity index (χ1) is 8.09. The zero-order chi connectivity index (χ0) is 12.7. The van der Waals surface area contributed by atoms with E-state index in [9.17, 15) is 4.79 Å². The lowest BCUT2D eigenvalue weighted by Crippen LogP contribution is -2.38. The molecule has 0 spiro atoms. The summed E-state index contributed by atoms with van der Waals surface area (Å²) in [4.78, 5) is 11.8. The Hall–Kier alpha value is -0.610. The van der Waals surface area contributed by atoms with Crippen LogP contribution >= 0.6 is 0 Å². The molecule has 4 nitrogen and oxygen atoms in total. The molecule has 1 aliphatic carbocycles. The van der Waals surface area contributed by atoms with Gasteiger partial charge in [-0.25, -0.2) is 0 Å². The van der Waals surface area contributed by atoms with E-state index in [1.807, 2.05) is 0 Å². The van der Waals surface area contributed by atoms with Crippen LogP contribution in [0.25, 0.3) is 0 Å². The Kier molecular flexibility index (Phi) is 6.52. The van der Waals surface area contributed by atoms with Crippen LogP contribution in [0, 0.1) is 11.8 Å². The largest absolute Gasteiger partial charge is 0.379 e. The number of nitrogens with two attached hydrogens (primary N) is 1. The molecule has 0 aromatic rings. The van der Waals surface area contributed by atoms with Gasteiger partial charge in [0.05, 0.1) is 6.61 Å². The molecule has 3 N–H and O–H groups in total. The summed E-state index contributed by atoms with van der Waals surface area (Å²) in [5, 5.41) is 2.93. The number of carbonyl (C=O) groups is 1. The first-order valence-electron chi connectivity index (χ1n) is 6.70. The van der Waals surface area contributed by atoms with Crippen LogP contribution < -0.4 is 11.1 Å². The molecule has 2 unspecified atom stereocenters. The van der Waals surface area contributed by atoms with Gasteiger partial charge in [0.15, 0.2) is 0 Å². The monoisotopic (exact) mass is 242 g/mol. The van der Waals surface area contributed by atoms with Gasteiger partial charge in [0.25, 0.3) is 0 Å². The minimum atomic E-state index is 0.115. The average molecular weight is 242 g/mol. The lowest BCUT2D eigenvalue weighted by molar-refractivity contribution is -0.126. The average Bonchev–Trinajstić information content (AvgIpc) is 2.28. The number of ether oxygens (including phenoxy) is 1. The van der Waals surface area contributed by atoms with Crippen molar-refractivity contribution in [3.05, 3.63) is 0 Å². The van der Waals surface area contributed by atoms with Crippen molar-refractivity contribution in [3.8, 4) is 0 Å². The third-order valence-electron chi connectivity index (χ3n) is 3.08. The molecule has 1 aliphatic rings. The first-order valence-corrected chi connectivity index (χ1v) is 6.70. The van der Waals surface area contributed by atoms with Gasteiger partial charge >= 0.3 is 0 Å². The normalized spacial score (nSPS) is 24.9. The molecule has 17 heavy (non-hydrogen) atoms. The maximum absolute atomic E-state index is 11.8. The van der Waals surface area contributed by atoms with Crippen molar-refractivity contribution < 1.29 is 9.53 Å². The quantitative estimate of drug-likeness (QED) is 0.690. The molecule has 100 valence electrons. The molecular weight excluding hydrogens is 216 g/mol. The van der Waals surface area contributed by atoms with Gasteiger partial charge in [-0.15, -0.1) is 0 Å². The van der Waals surface area contributed by atoms with Crippen LogP contribution in [0.4, 0.5) is 0 Å². The van der Waals surface area contributed by atoms with Gasteiger partial charge in [0, 0.05) is 25.1 Å². The standard InChI is InChI=1S/C13H26N2O2/c1-10(2)9-17-7-6-15-13(16)11-4-3-5-12(14)8-11/h10-12H,3-9,14H2,1-2H3,(H,15,16). The zero-order valence-electron chi connectivity index (χ0n) is 11.1. The van der Waals surface area contributed by atoms with Crippen LogP contribution in [0.15, 0.2) is 0 Å². The van der Waals surface area contributed by atoms with Gasteiger partial charge in [-0.2, -0.15) is 0 Å². The Morgan fingerprint density at radius 3 is 2.88 bits per heavy atom. The molecule has 0 bridgehead atoms. The Balaban J connectivity index is 2.08. The van der Waals surface area contributed by atoms with Gasteiger partial charge in [-0.1, -0.05) is 20.3 Å². The van der Waals surface area contributed by atoms with E-state index in [-0.39, 0.29) is 17.9 Å². The lowest BCUT2D eigenvalue weighted by atomic mass is 9.85. The third-order valence-corrected chi connectivity index (χ3v) is 3.08. The molecule has 1 amide bonds. The molecule has 0 saturated heterocycles. The van der Waals surface area contributed by atoms with Crippen molar-refractivity contribution in [2.24, 2.45) is 17.6 Å². The van der Waals surface area contributed by atoms with Gasteiger partial charge < -0.3 is 15.8 Å². The van der Waals surface area contributed by atoms with Crippen molar-refractivity contribution in [3.63, 3.8) is 0 Å². The number of nitrogens with one attached hydrogen (secondary N) is 1. The van der Waals surface area contributed by atoms with Crippen molar-refractivity contribution in [2.45, 2.75) is 45.6 Å². The summed E-state index contributed by atoms with van der Waals surface area (Å²) in [5.74, 6) is 0.805. The number of hydrogen-bond acceptors (Lipinski definition) is 3. The third kappa shape index (κ3) is 6.03. The second-order valence-corrected chi connectivity index (χ2v) is 5.38. The summed E-state index contributed by atoms with van der Waals surface area (Å²) >= 11 is 0. The van der Waals surface area contributed by atoms with Crippen LogP contribution in [-0.4, -0.2) is 31.7 Å². The summed E-state index contributed by atoms with van der Waals surface area (Å²) in [5.41, 5.74) is 5.87. The second-order valence-electron chi connectivity index (χ2n) is 5.38. The van der Waals surface area contributed by atoms with Crippen LogP contribution in [0.1, 0.15) is 39.5 Å². The number of rotatable bonds is 6. The van der Waals surface area contributed by atoms with E-state index >= 15 is 0 Å². The highest BCUT2D eigenvalue weighted by Crippen LogP contribution is 2.22. The van der Waals surface area contributed by atoms with E-state index in [4.69, 9.17) is 10.5 Å². The van der Waals surface area contributed by atoms with Crippen LogP contribution in [0.2, 0.25) is 0 Å². The highest BCUT2D eigenvalue weighted by Gasteiger charge is 2.24. The van der Waals surface area contributed by atoms with Crippen molar-refractivity contribution in [1.82, 2.24) is 5.32 Å². The fourth-order valence-electron chi connectivity index (χ4n) is 2.18. The first kappa shape index (κ1) is 14.5. The Labute approximate surface area is 104 Å². The summed E-state index contributed by atoms with van der Waals surface area (Å²) in [7, 11) is 0. The summed E-state index contributed by atoms with van der Waals surface area (Å²) in [6, 6.07) is 0.205. The van der Waals surface area contributed by atoms with Gasteiger partial charge in [-0.3, -0.25) is 4.79 Å². The molecular formula is C13H26N2O2. The minimum absolute atomic E-state index is 0.115. The predicted octanol–water partition coefficient (Wildman–Crippen LogP) is 1.29. The smallest absolute Gasteiger partial charge is 0.223 e. The topological polar surface area (TPSA) is 64.3 Å². The Morgan fingerprint density at radius 2 is 2.24 bits per heavy atom. The molecule has 0 aliphatic heterocycles. The molecule has 2 atom stereocenters. The molecule has 1 fully saturated rings. The van der Waals surface area contributed by atoms with E-state index in [0.29, 0.717) is 19.1 Å². The van der Waals surface area contributed by atoms with Crippen LogP contribution in [-0.2, 0) is 9.53 Å². The van der Waals surface area contributed by atoms with E-state index in [2.05, 4.69) is 19.2 Å². The maximum Gasteiger partial charge on any atom is 0.223 e. The van der Waals surface area contributed by atoms with Crippen molar-refractivity contribution >= 4 is 5.91 Å². The van der Waals surface area contributed by atoms with E-state index in [0.717, 1.165) is 32.3 Å². The predicted molar refractivity (Wildman–Crippen MR) is 68.6 cm³/mol. The Bertz CT molecular complexity index is 231. The number of amides is 1. The molecule has 0 aromatic carbocycles. The van der Waals surface area contributed by atoms with E-state index in [1.165, 1.54) is 0 Å². The van der Waals surface area contributed by atoms with Crippen LogP contribution in [0.5, 0.6) is 0 Å². The molecule has 1 saturated carbocycles. The fraction of sp³-hybridized carbons (Fsp3) is 0.923. The molecule has 0 heterocycles. The van der Waals surface area contributed by atoms with Crippen molar-refractivity contribution in [2.75, 3.05) is 19.8 Å². The summed E-state index contributed by atoms with van der Waals surface area (Å²) < 4.78 is 5.41. The van der Waals surface area contributed by atoms with Gasteiger partial charge in [0.2, 0.25) is 5.91 Å². The van der Waals surface area contributed by atoms with Gasteiger partial charge in [-0.05, 0) is 25.2 Å². The number of carbonyl (C=O) groups excluding carboxylic acids is 1. The number of hydrogen-bond donors (Lipinski definition) is 2. The SMILES string of the molecule is CC(C)COCCNC(=O)C1CCCC(N)C1.